The molecule has 0 aromatic carbocycles. The molecule has 0 aliphatic rings. The third kappa shape index (κ3) is 13.0. The van der Waals surface area contributed by atoms with E-state index in [1.54, 1.807) is 0 Å². The Morgan fingerprint density at radius 3 is 0.680 bits per heavy atom. The fraction of sp³-hybridized carbons (Fsp3) is 0.939. The van der Waals surface area contributed by atoms with Gasteiger partial charge in [-0.3, -0.25) is 0 Å². The van der Waals surface area contributed by atoms with Gasteiger partial charge in [0, 0.05) is 32.4 Å². The number of carbonyl (C=O) groups excluding carboxylic acids is 2. The van der Waals surface area contributed by atoms with Gasteiger partial charge >= 0.3 is 107 Å². The van der Waals surface area contributed by atoms with Crippen molar-refractivity contribution in [3.8, 4) is 0 Å². The molecule has 0 aliphatic carbocycles. The summed E-state index contributed by atoms with van der Waals surface area (Å²) in [6, 6.07) is -3.26. The Morgan fingerprint density at radius 2 is 0.467 bits per heavy atom. The lowest BCUT2D eigenvalue weighted by molar-refractivity contribution is -0.908. The third-order valence-electron chi connectivity index (χ3n) is 10.6. The van der Waals surface area contributed by atoms with Crippen molar-refractivity contribution in [1.29, 1.82) is 0 Å². The van der Waals surface area contributed by atoms with E-state index < -0.39 is 146 Å². The molecule has 0 aromatic heterocycles. The maximum absolute atomic E-state index is 14.1. The largest absolute Gasteiger partial charge is 0.460 e. The number of amides is 4. The highest BCUT2D eigenvalue weighted by Gasteiger charge is 2.97. The van der Waals surface area contributed by atoms with Crippen LogP contribution in [0.3, 0.4) is 0 Å². The molecule has 42 heteroatoms. The molecule has 0 aromatic rings. The predicted molar refractivity (Wildman–Crippen MR) is 182 cm³/mol. The standard InChI is InChI=1S/C33H36F34N6O2/c1-72(2,14-10-70-16(74)68-8-6-18(34,35)20(38,39)22(42,43)24(46,47)26(50,51)28(54,55)30(58,59)32(62,63)64)12-5-13-73(3,4)15-11-71-17(75)69-9-7-19(36,37)21(40,41)23(44,45)25(48,49)27(52,53)29(56,57)31(60,61)33(65,66)67/h5-15H2,1-4H3,(H2-2,68,69,70,71,74,75)/p+2. The third-order valence-corrected chi connectivity index (χ3v) is 10.6. The first-order valence-corrected chi connectivity index (χ1v) is 19.5. The average molecular weight is 1200 g/mol. The fourth-order valence-electron chi connectivity index (χ4n) is 5.59. The van der Waals surface area contributed by atoms with Crippen molar-refractivity contribution in [3.63, 3.8) is 0 Å². The van der Waals surface area contributed by atoms with Crippen molar-refractivity contribution in [2.45, 2.75) is 115 Å². The van der Waals surface area contributed by atoms with Crippen molar-refractivity contribution >= 4 is 12.1 Å². The molecule has 0 unspecified atom stereocenters. The summed E-state index contributed by atoms with van der Waals surface area (Å²) in [7, 11) is 5.75. The van der Waals surface area contributed by atoms with Crippen LogP contribution in [0.15, 0.2) is 0 Å². The zero-order valence-electron chi connectivity index (χ0n) is 37.3. The number of urea groups is 2. The summed E-state index contributed by atoms with van der Waals surface area (Å²) in [5, 5.41) is 6.32. The summed E-state index contributed by atoms with van der Waals surface area (Å²) in [4.78, 5) is 23.9. The minimum Gasteiger partial charge on any atom is -0.338 e. The second-order valence-electron chi connectivity index (χ2n) is 17.3. The first kappa shape index (κ1) is 71.1. The molecule has 75 heavy (non-hydrogen) atoms. The smallest absolute Gasteiger partial charge is 0.338 e. The zero-order valence-corrected chi connectivity index (χ0v) is 37.3. The van der Waals surface area contributed by atoms with E-state index in [4.69, 9.17) is 0 Å². The Hall–Kier alpha value is -3.92. The lowest BCUT2D eigenvalue weighted by Crippen LogP contribution is -2.74. The van der Waals surface area contributed by atoms with Gasteiger partial charge in [-0.25, -0.2) is 9.59 Å². The maximum Gasteiger partial charge on any atom is 0.460 e. The van der Waals surface area contributed by atoms with Crippen molar-refractivity contribution in [2.24, 2.45) is 0 Å². The number of halogens is 34. The van der Waals surface area contributed by atoms with Gasteiger partial charge in [-0.05, 0) is 0 Å². The van der Waals surface area contributed by atoms with Gasteiger partial charge in [0.2, 0.25) is 0 Å². The van der Waals surface area contributed by atoms with E-state index in [0.717, 1.165) is 0 Å². The number of nitrogens with zero attached hydrogens (tertiary/aromatic N) is 2. The molecule has 4 amide bonds. The second kappa shape index (κ2) is 21.4. The van der Waals surface area contributed by atoms with Crippen LogP contribution in [-0.4, -0.2) is 197 Å². The summed E-state index contributed by atoms with van der Waals surface area (Å²) in [5.41, 5.74) is 0. The molecule has 448 valence electrons. The average Bonchev–Trinajstić information content (AvgIpc) is 3.18. The van der Waals surface area contributed by atoms with Crippen molar-refractivity contribution in [2.75, 3.05) is 80.5 Å². The molecule has 0 aliphatic heterocycles. The summed E-state index contributed by atoms with van der Waals surface area (Å²) in [6.45, 7) is -5.02. The molecule has 0 rings (SSSR count). The molecule has 0 spiro atoms. The minimum atomic E-state index is -8.82. The molecule has 0 atom stereocenters. The molecule has 8 nitrogen and oxygen atoms in total. The lowest BCUT2D eigenvalue weighted by atomic mass is 9.88. The van der Waals surface area contributed by atoms with E-state index in [1.165, 1.54) is 38.8 Å². The Labute approximate surface area is 397 Å². The highest BCUT2D eigenvalue weighted by atomic mass is 19.4. The topological polar surface area (TPSA) is 82.3 Å². The van der Waals surface area contributed by atoms with E-state index >= 15 is 0 Å². The Kier molecular flexibility index (Phi) is 20.3. The van der Waals surface area contributed by atoms with E-state index in [0.29, 0.717) is 0 Å². The van der Waals surface area contributed by atoms with Crippen LogP contribution >= 0.6 is 0 Å². The van der Waals surface area contributed by atoms with Crippen LogP contribution in [0.4, 0.5) is 159 Å². The highest BCUT2D eigenvalue weighted by molar-refractivity contribution is 5.74. The molecule has 0 radical (unpaired) electrons. The van der Waals surface area contributed by atoms with Crippen LogP contribution in [0, 0.1) is 0 Å². The zero-order chi connectivity index (χ0) is 60.8. The van der Waals surface area contributed by atoms with Gasteiger partial charge < -0.3 is 30.2 Å². The first-order chi connectivity index (χ1) is 32.4. The first-order valence-electron chi connectivity index (χ1n) is 19.5. The van der Waals surface area contributed by atoms with Crippen molar-refractivity contribution < 1.29 is 168 Å². The van der Waals surface area contributed by atoms with Gasteiger partial charge in [-0.15, -0.1) is 0 Å². The molecule has 0 bridgehead atoms. The number of hydrogen-bond acceptors (Lipinski definition) is 2. The number of carbonyl (C=O) groups is 2. The monoisotopic (exact) mass is 1200 g/mol. The van der Waals surface area contributed by atoms with Gasteiger partial charge in [0.1, 0.15) is 0 Å². The normalized spacial score (nSPS) is 15.8. The van der Waals surface area contributed by atoms with E-state index in [9.17, 15) is 159 Å². The molecular weight excluding hydrogens is 1160 g/mol. The summed E-state index contributed by atoms with van der Waals surface area (Å²) in [5.74, 6) is -116. The van der Waals surface area contributed by atoms with E-state index in [1.807, 2.05) is 10.6 Å². The van der Waals surface area contributed by atoms with Gasteiger partial charge in [-0.1, -0.05) is 0 Å². The second-order valence-corrected chi connectivity index (χ2v) is 17.3. The molecule has 0 heterocycles. The number of hydrogen-bond donors (Lipinski definition) is 4. The SMILES string of the molecule is C[N+](C)(CCC[N+](C)(C)CCNC(=O)NCCC(F)(F)C(F)(F)C(F)(F)C(F)(F)C(F)(F)C(F)(F)C(F)(F)C(F)(F)F)CCNC(=O)NCCC(F)(F)C(F)(F)C(F)(F)C(F)(F)C(F)(F)C(F)(F)C(F)(F)C(F)(F)F. The Bertz CT molecular complexity index is 1800. The molecule has 0 saturated carbocycles. The number of likely N-dealkylation sites (N-methyl/N-ethyl adjacent to an activating group) is 2. The lowest BCUT2D eigenvalue weighted by Gasteiger charge is -2.42. The summed E-state index contributed by atoms with van der Waals surface area (Å²) < 4.78 is 456. The number of nitrogens with one attached hydrogen (secondary N) is 4. The Balaban J connectivity index is 5.30. The number of rotatable bonds is 28. The maximum atomic E-state index is 14.1. The van der Waals surface area contributed by atoms with Gasteiger partial charge in [0.15, 0.2) is 0 Å². The molecule has 0 saturated heterocycles. The molecular formula is C33H38F34N6O2+2. The van der Waals surface area contributed by atoms with Crippen LogP contribution in [0.5, 0.6) is 0 Å². The van der Waals surface area contributed by atoms with Crippen LogP contribution in [0.2, 0.25) is 0 Å². The summed E-state index contributed by atoms with van der Waals surface area (Å²) in [6.07, 6.45) is -21.6. The Morgan fingerprint density at radius 1 is 0.280 bits per heavy atom. The van der Waals surface area contributed by atoms with Crippen LogP contribution in [0.25, 0.3) is 0 Å². The van der Waals surface area contributed by atoms with Crippen LogP contribution in [-0.2, 0) is 0 Å². The van der Waals surface area contributed by atoms with Crippen LogP contribution in [0.1, 0.15) is 19.3 Å². The quantitative estimate of drug-likeness (QED) is 0.0465. The van der Waals surface area contributed by atoms with E-state index in [-0.39, 0.29) is 41.6 Å². The summed E-state index contributed by atoms with van der Waals surface area (Å²) >= 11 is 0. The number of quaternary nitrogens is 2. The van der Waals surface area contributed by atoms with Gasteiger partial charge in [0.05, 0.1) is 67.5 Å². The molecule has 0 fully saturated rings. The fourth-order valence-corrected chi connectivity index (χ4v) is 5.59. The van der Waals surface area contributed by atoms with Crippen molar-refractivity contribution in [1.82, 2.24) is 21.3 Å². The van der Waals surface area contributed by atoms with Gasteiger partial charge in [-0.2, -0.15) is 149 Å². The van der Waals surface area contributed by atoms with Gasteiger partial charge in [0.25, 0.3) is 0 Å². The number of alkyl halides is 34. The highest BCUT2D eigenvalue weighted by Crippen LogP contribution is 2.66. The molecule has 4 N–H and O–H groups in total. The predicted octanol–water partition coefficient (Wildman–Crippen LogP) is 10.9. The van der Waals surface area contributed by atoms with E-state index in [2.05, 4.69) is 0 Å². The van der Waals surface area contributed by atoms with Crippen molar-refractivity contribution in [3.05, 3.63) is 0 Å². The minimum absolute atomic E-state index is 0.108. The van der Waals surface area contributed by atoms with Crippen LogP contribution < -0.4 is 21.3 Å².